The molecule has 1 aromatic rings. The van der Waals surface area contributed by atoms with Gasteiger partial charge in [-0.3, -0.25) is 4.79 Å². The predicted molar refractivity (Wildman–Crippen MR) is 86.2 cm³/mol. The Morgan fingerprint density at radius 2 is 1.86 bits per heavy atom. The summed E-state index contributed by atoms with van der Waals surface area (Å²) in [4.78, 5) is 12.3. The van der Waals surface area contributed by atoms with Crippen LogP contribution in [0.1, 0.15) is 38.2 Å². The maximum atomic E-state index is 12.3. The van der Waals surface area contributed by atoms with E-state index in [1.54, 1.807) is 0 Å². The molecule has 2 aliphatic rings. The van der Waals surface area contributed by atoms with Gasteiger partial charge in [0.25, 0.3) is 0 Å². The van der Waals surface area contributed by atoms with E-state index in [-0.39, 0.29) is 17.1 Å². The zero-order valence-electron chi connectivity index (χ0n) is 13.0. The van der Waals surface area contributed by atoms with Crippen LogP contribution in [-0.4, -0.2) is 37.0 Å². The number of para-hydroxylation sites is 1. The monoisotopic (exact) mass is 322 g/mol. The molecule has 1 amide bonds. The van der Waals surface area contributed by atoms with Crippen LogP contribution in [0.2, 0.25) is 0 Å². The zero-order chi connectivity index (χ0) is 15.9. The summed E-state index contributed by atoms with van der Waals surface area (Å²) in [5.41, 5.74) is 1.92. The van der Waals surface area contributed by atoms with Crippen molar-refractivity contribution in [3.05, 3.63) is 29.8 Å². The normalized spacial score (nSPS) is 20.0. The van der Waals surface area contributed by atoms with Crippen LogP contribution in [0.4, 0.5) is 5.69 Å². The van der Waals surface area contributed by atoms with E-state index < -0.39 is 10.0 Å². The minimum absolute atomic E-state index is 0.0876. The molecule has 0 aromatic heterocycles. The molecule has 3 rings (SSSR count). The van der Waals surface area contributed by atoms with Crippen LogP contribution in [-0.2, 0) is 14.8 Å². The highest BCUT2D eigenvalue weighted by Crippen LogP contribution is 2.35. The molecule has 1 heterocycles. The van der Waals surface area contributed by atoms with Gasteiger partial charge in [0, 0.05) is 18.8 Å². The first-order valence-corrected chi connectivity index (χ1v) is 9.28. The highest BCUT2D eigenvalue weighted by Gasteiger charge is 2.46. The second-order valence-electron chi connectivity index (χ2n) is 6.49. The molecule has 0 unspecified atom stereocenters. The Balaban J connectivity index is 1.61. The van der Waals surface area contributed by atoms with E-state index in [2.05, 4.69) is 19.2 Å². The standard InChI is InChI=1S/C16H22N2O3S/c1-11(2)14-5-3-4-6-15(14)17-16(19)12-9-18(10-12)22(20,21)13-7-8-13/h3-6,11-13H,7-10H2,1-2H3,(H,17,19). The minimum atomic E-state index is -3.14. The first kappa shape index (κ1) is 15.5. The molecule has 1 aromatic carbocycles. The summed E-state index contributed by atoms with van der Waals surface area (Å²) in [6, 6.07) is 7.75. The van der Waals surface area contributed by atoms with Crippen LogP contribution >= 0.6 is 0 Å². The Hall–Kier alpha value is -1.40. The lowest BCUT2D eigenvalue weighted by atomic mass is 9.99. The third-order valence-corrected chi connectivity index (χ3v) is 6.70. The summed E-state index contributed by atoms with van der Waals surface area (Å²) in [5, 5.41) is 2.75. The molecule has 0 bridgehead atoms. The molecule has 0 spiro atoms. The second kappa shape index (κ2) is 5.66. The van der Waals surface area contributed by atoms with Gasteiger partial charge in [-0.2, -0.15) is 4.31 Å². The Labute approximate surface area is 131 Å². The van der Waals surface area contributed by atoms with E-state index in [4.69, 9.17) is 0 Å². The van der Waals surface area contributed by atoms with Crippen molar-refractivity contribution in [3.63, 3.8) is 0 Å². The molecular weight excluding hydrogens is 300 g/mol. The lowest BCUT2D eigenvalue weighted by molar-refractivity contribution is -0.122. The van der Waals surface area contributed by atoms with Crippen LogP contribution in [0, 0.1) is 5.92 Å². The van der Waals surface area contributed by atoms with Crippen molar-refractivity contribution in [2.75, 3.05) is 18.4 Å². The lowest BCUT2D eigenvalue weighted by Gasteiger charge is -2.37. The highest BCUT2D eigenvalue weighted by molar-refractivity contribution is 7.90. The quantitative estimate of drug-likeness (QED) is 0.903. The molecule has 120 valence electrons. The van der Waals surface area contributed by atoms with Crippen LogP contribution in [0.3, 0.4) is 0 Å². The SMILES string of the molecule is CC(C)c1ccccc1NC(=O)C1CN(S(=O)(=O)C2CC2)C1. The average molecular weight is 322 g/mol. The van der Waals surface area contributed by atoms with Crippen LogP contribution in [0.25, 0.3) is 0 Å². The Morgan fingerprint density at radius 1 is 1.23 bits per heavy atom. The number of amides is 1. The fraction of sp³-hybridized carbons (Fsp3) is 0.562. The molecule has 6 heteroatoms. The van der Waals surface area contributed by atoms with Gasteiger partial charge in [-0.1, -0.05) is 32.0 Å². The summed E-state index contributed by atoms with van der Waals surface area (Å²) in [6.07, 6.45) is 1.52. The largest absolute Gasteiger partial charge is 0.326 e. The molecule has 1 saturated carbocycles. The van der Waals surface area contributed by atoms with Gasteiger partial charge < -0.3 is 5.32 Å². The van der Waals surface area contributed by atoms with Crippen molar-refractivity contribution in [3.8, 4) is 0 Å². The molecule has 1 aliphatic heterocycles. The Bertz CT molecular complexity index is 674. The number of nitrogens with zero attached hydrogens (tertiary/aromatic N) is 1. The van der Waals surface area contributed by atoms with Gasteiger partial charge in [0.2, 0.25) is 15.9 Å². The molecule has 2 fully saturated rings. The smallest absolute Gasteiger partial charge is 0.230 e. The Kier molecular flexibility index (Phi) is 3.99. The van der Waals surface area contributed by atoms with Gasteiger partial charge in [-0.05, 0) is 30.4 Å². The number of benzene rings is 1. The van der Waals surface area contributed by atoms with E-state index in [1.807, 2.05) is 24.3 Å². The zero-order valence-corrected chi connectivity index (χ0v) is 13.8. The molecule has 1 aliphatic carbocycles. The molecule has 5 nitrogen and oxygen atoms in total. The number of anilines is 1. The third-order valence-electron chi connectivity index (χ3n) is 4.37. The topological polar surface area (TPSA) is 66.5 Å². The molecule has 1 N–H and O–H groups in total. The van der Waals surface area contributed by atoms with Crippen LogP contribution in [0.5, 0.6) is 0 Å². The summed E-state index contributed by atoms with van der Waals surface area (Å²) in [6.45, 7) is 4.79. The van der Waals surface area contributed by atoms with E-state index in [0.717, 1.165) is 24.1 Å². The molecular formula is C16H22N2O3S. The summed E-state index contributed by atoms with van der Waals surface area (Å²) in [7, 11) is -3.14. The van der Waals surface area contributed by atoms with Gasteiger partial charge >= 0.3 is 0 Å². The van der Waals surface area contributed by atoms with Crippen molar-refractivity contribution in [1.29, 1.82) is 0 Å². The molecule has 1 saturated heterocycles. The minimum Gasteiger partial charge on any atom is -0.326 e. The van der Waals surface area contributed by atoms with E-state index in [1.165, 1.54) is 4.31 Å². The van der Waals surface area contributed by atoms with Gasteiger partial charge in [0.05, 0.1) is 11.2 Å². The Morgan fingerprint density at radius 3 is 2.45 bits per heavy atom. The van der Waals surface area contributed by atoms with Crippen LogP contribution < -0.4 is 5.32 Å². The number of rotatable bonds is 5. The van der Waals surface area contributed by atoms with E-state index in [9.17, 15) is 13.2 Å². The fourth-order valence-corrected chi connectivity index (χ4v) is 4.67. The summed E-state index contributed by atoms with van der Waals surface area (Å²) >= 11 is 0. The van der Waals surface area contributed by atoms with Crippen LogP contribution in [0.15, 0.2) is 24.3 Å². The lowest BCUT2D eigenvalue weighted by Crippen LogP contribution is -2.55. The van der Waals surface area contributed by atoms with Gasteiger partial charge in [-0.25, -0.2) is 8.42 Å². The number of nitrogens with one attached hydrogen (secondary N) is 1. The van der Waals surface area contributed by atoms with Crippen molar-refractivity contribution < 1.29 is 13.2 Å². The second-order valence-corrected chi connectivity index (χ2v) is 8.70. The van der Waals surface area contributed by atoms with Gasteiger partial charge in [0.1, 0.15) is 0 Å². The predicted octanol–water partition coefficient (Wildman–Crippen LogP) is 2.17. The van der Waals surface area contributed by atoms with E-state index in [0.29, 0.717) is 19.0 Å². The summed E-state index contributed by atoms with van der Waals surface area (Å²) in [5.74, 6) is -0.00581. The maximum absolute atomic E-state index is 12.3. The molecule has 22 heavy (non-hydrogen) atoms. The first-order chi connectivity index (χ1) is 10.4. The van der Waals surface area contributed by atoms with Gasteiger partial charge in [0.15, 0.2) is 0 Å². The summed E-state index contributed by atoms with van der Waals surface area (Å²) < 4.78 is 25.5. The number of hydrogen-bond acceptors (Lipinski definition) is 3. The van der Waals surface area contributed by atoms with E-state index >= 15 is 0 Å². The van der Waals surface area contributed by atoms with Crippen molar-refractivity contribution in [2.45, 2.75) is 37.9 Å². The van der Waals surface area contributed by atoms with Gasteiger partial charge in [-0.15, -0.1) is 0 Å². The first-order valence-electron chi connectivity index (χ1n) is 7.78. The highest BCUT2D eigenvalue weighted by atomic mass is 32.2. The van der Waals surface area contributed by atoms with Crippen molar-refractivity contribution >= 4 is 21.6 Å². The molecule has 0 radical (unpaired) electrons. The maximum Gasteiger partial charge on any atom is 0.230 e. The number of hydrogen-bond donors (Lipinski definition) is 1. The van der Waals surface area contributed by atoms with Crippen molar-refractivity contribution in [2.24, 2.45) is 5.92 Å². The molecule has 0 atom stereocenters. The van der Waals surface area contributed by atoms with Crippen molar-refractivity contribution in [1.82, 2.24) is 4.31 Å². The number of carbonyl (C=O) groups excluding carboxylic acids is 1. The fourth-order valence-electron chi connectivity index (χ4n) is 2.74. The number of carbonyl (C=O) groups is 1. The number of sulfonamides is 1. The third kappa shape index (κ3) is 2.90. The average Bonchev–Trinajstić information content (AvgIpc) is 3.21.